The van der Waals surface area contributed by atoms with Gasteiger partial charge in [-0.1, -0.05) is 60.2 Å². The lowest BCUT2D eigenvalue weighted by molar-refractivity contribution is 0.102. The van der Waals surface area contributed by atoms with E-state index in [9.17, 15) is 4.79 Å². The van der Waals surface area contributed by atoms with E-state index in [4.69, 9.17) is 4.74 Å². The first-order valence-electron chi connectivity index (χ1n) is 10.6. The topological polar surface area (TPSA) is 81.1 Å². The van der Waals surface area contributed by atoms with Crippen molar-refractivity contribution in [3.8, 4) is 5.75 Å². The minimum absolute atomic E-state index is 0.208. The number of allylic oxidation sites excluding steroid dienone is 1. The van der Waals surface area contributed by atoms with Crippen molar-refractivity contribution in [2.75, 3.05) is 17.7 Å². The summed E-state index contributed by atoms with van der Waals surface area (Å²) in [6.45, 7) is 1.98. The Morgan fingerprint density at radius 1 is 1.00 bits per heavy atom. The van der Waals surface area contributed by atoms with Gasteiger partial charge in [0.05, 0.1) is 7.11 Å². The van der Waals surface area contributed by atoms with E-state index in [0.717, 1.165) is 28.1 Å². The van der Waals surface area contributed by atoms with E-state index < -0.39 is 0 Å². The standard InChI is InChI=1S/C26H23N5O2/c1-17-8-10-20(11-9-17)24(32)28-25-29-26-27-22(18-6-4-3-5-7-18)16-23(31(26)30-25)19-12-14-21(33-2)15-13-19/h3-16,23H,1-2H3,(H2,27,28,29,30,32). The number of carbonyl (C=O) groups is 1. The molecule has 4 aromatic rings. The molecule has 0 bridgehead atoms. The van der Waals surface area contributed by atoms with Gasteiger partial charge in [0.2, 0.25) is 5.95 Å². The van der Waals surface area contributed by atoms with Crippen molar-refractivity contribution in [3.63, 3.8) is 0 Å². The minimum Gasteiger partial charge on any atom is -0.497 e. The van der Waals surface area contributed by atoms with Gasteiger partial charge in [-0.2, -0.15) is 4.98 Å². The average Bonchev–Trinajstić information content (AvgIpc) is 3.26. The van der Waals surface area contributed by atoms with Gasteiger partial charge in [-0.05, 0) is 48.4 Å². The van der Waals surface area contributed by atoms with Gasteiger partial charge in [-0.25, -0.2) is 4.68 Å². The van der Waals surface area contributed by atoms with Crippen LogP contribution in [-0.2, 0) is 0 Å². The molecule has 0 fully saturated rings. The molecule has 0 saturated carbocycles. The summed E-state index contributed by atoms with van der Waals surface area (Å²) in [4.78, 5) is 17.3. The molecule has 2 N–H and O–H groups in total. The molecule has 1 aromatic heterocycles. The van der Waals surface area contributed by atoms with Crippen LogP contribution in [0.3, 0.4) is 0 Å². The molecule has 0 aliphatic carbocycles. The van der Waals surface area contributed by atoms with Gasteiger partial charge in [0.25, 0.3) is 11.9 Å². The quantitative estimate of drug-likeness (QED) is 0.464. The van der Waals surface area contributed by atoms with Gasteiger partial charge >= 0.3 is 0 Å². The van der Waals surface area contributed by atoms with Crippen molar-refractivity contribution >= 4 is 23.5 Å². The number of carbonyl (C=O) groups excluding carboxylic acids is 1. The Hall–Kier alpha value is -4.39. The number of ether oxygens (including phenoxy) is 1. The largest absolute Gasteiger partial charge is 0.497 e. The van der Waals surface area contributed by atoms with Gasteiger partial charge in [0.15, 0.2) is 0 Å². The third-order valence-electron chi connectivity index (χ3n) is 5.55. The second kappa shape index (κ2) is 8.63. The van der Waals surface area contributed by atoms with Crippen LogP contribution in [0.5, 0.6) is 5.75 Å². The van der Waals surface area contributed by atoms with E-state index in [1.54, 1.807) is 23.9 Å². The van der Waals surface area contributed by atoms with Crippen molar-refractivity contribution in [1.29, 1.82) is 0 Å². The molecule has 33 heavy (non-hydrogen) atoms. The smallest absolute Gasteiger partial charge is 0.258 e. The van der Waals surface area contributed by atoms with Crippen molar-refractivity contribution < 1.29 is 9.53 Å². The fourth-order valence-electron chi connectivity index (χ4n) is 3.75. The summed E-state index contributed by atoms with van der Waals surface area (Å²) in [5.74, 6) is 1.32. The molecule has 1 aliphatic rings. The van der Waals surface area contributed by atoms with Crippen molar-refractivity contribution in [1.82, 2.24) is 14.8 Å². The first-order valence-corrected chi connectivity index (χ1v) is 10.6. The van der Waals surface area contributed by atoms with Crippen LogP contribution >= 0.6 is 0 Å². The summed E-state index contributed by atoms with van der Waals surface area (Å²) < 4.78 is 7.08. The predicted molar refractivity (Wildman–Crippen MR) is 128 cm³/mol. The van der Waals surface area contributed by atoms with Crippen molar-refractivity contribution in [2.24, 2.45) is 0 Å². The molecule has 3 aromatic carbocycles. The molecule has 1 amide bonds. The second-order valence-electron chi connectivity index (χ2n) is 7.81. The molecule has 0 saturated heterocycles. The van der Waals surface area contributed by atoms with E-state index in [-0.39, 0.29) is 17.9 Å². The maximum absolute atomic E-state index is 12.7. The summed E-state index contributed by atoms with van der Waals surface area (Å²) in [6, 6.07) is 25.1. The molecule has 1 unspecified atom stereocenters. The molecule has 7 nitrogen and oxygen atoms in total. The molecular formula is C26H23N5O2. The predicted octanol–water partition coefficient (Wildman–Crippen LogP) is 4.90. The number of amides is 1. The Bertz CT molecular complexity index is 1310. The molecule has 1 aliphatic heterocycles. The molecule has 0 spiro atoms. The minimum atomic E-state index is -0.254. The number of hydrogen-bond acceptors (Lipinski definition) is 5. The highest BCUT2D eigenvalue weighted by Gasteiger charge is 2.26. The number of fused-ring (bicyclic) bond motifs is 1. The molecule has 164 valence electrons. The van der Waals surface area contributed by atoms with E-state index in [0.29, 0.717) is 11.5 Å². The van der Waals surface area contributed by atoms with Crippen LogP contribution in [0.1, 0.15) is 33.1 Å². The lowest BCUT2D eigenvalue weighted by Crippen LogP contribution is -2.20. The van der Waals surface area contributed by atoms with Gasteiger partial charge in [-0.3, -0.25) is 10.1 Å². The number of methoxy groups -OCH3 is 1. The Balaban J connectivity index is 1.49. The highest BCUT2D eigenvalue weighted by atomic mass is 16.5. The summed E-state index contributed by atoms with van der Waals surface area (Å²) in [5, 5.41) is 10.8. The number of benzene rings is 3. The van der Waals surface area contributed by atoms with Crippen LogP contribution < -0.4 is 15.4 Å². The zero-order valence-corrected chi connectivity index (χ0v) is 18.3. The maximum atomic E-state index is 12.7. The summed E-state index contributed by atoms with van der Waals surface area (Å²) in [5.41, 5.74) is 4.63. The molecule has 2 heterocycles. The Morgan fingerprint density at radius 2 is 1.73 bits per heavy atom. The normalized spacial score (nSPS) is 14.6. The zero-order valence-electron chi connectivity index (χ0n) is 18.3. The van der Waals surface area contributed by atoms with Gasteiger partial charge in [0, 0.05) is 11.3 Å². The second-order valence-corrected chi connectivity index (χ2v) is 7.81. The fraction of sp³-hybridized carbons (Fsp3) is 0.115. The summed E-state index contributed by atoms with van der Waals surface area (Å²) >= 11 is 0. The van der Waals surface area contributed by atoms with Crippen LogP contribution in [0.4, 0.5) is 11.9 Å². The molecular weight excluding hydrogens is 414 g/mol. The Kier molecular flexibility index (Phi) is 5.36. The number of rotatable bonds is 5. The van der Waals surface area contributed by atoms with Crippen LogP contribution in [0.25, 0.3) is 5.70 Å². The highest BCUT2D eigenvalue weighted by Crippen LogP contribution is 2.33. The van der Waals surface area contributed by atoms with Gasteiger partial charge in [0.1, 0.15) is 11.8 Å². The van der Waals surface area contributed by atoms with E-state index >= 15 is 0 Å². The SMILES string of the molecule is COc1ccc(C2C=C(c3ccccc3)Nc3nc(NC(=O)c4ccc(C)cc4)nn32)cc1. The molecule has 1 atom stereocenters. The number of aromatic nitrogens is 3. The van der Waals surface area contributed by atoms with Crippen LogP contribution in [0.15, 0.2) is 84.9 Å². The Labute approximate surface area is 191 Å². The molecule has 0 radical (unpaired) electrons. The number of anilines is 2. The van der Waals surface area contributed by atoms with E-state index in [2.05, 4.69) is 26.8 Å². The zero-order chi connectivity index (χ0) is 22.8. The number of aryl methyl sites for hydroxylation is 1. The summed E-state index contributed by atoms with van der Waals surface area (Å²) in [6.07, 6.45) is 2.10. The Morgan fingerprint density at radius 3 is 2.42 bits per heavy atom. The maximum Gasteiger partial charge on any atom is 0.258 e. The van der Waals surface area contributed by atoms with E-state index in [1.165, 1.54) is 0 Å². The fourth-order valence-corrected chi connectivity index (χ4v) is 3.75. The van der Waals surface area contributed by atoms with Crippen molar-refractivity contribution in [3.05, 3.63) is 107 Å². The van der Waals surface area contributed by atoms with Gasteiger partial charge < -0.3 is 10.1 Å². The van der Waals surface area contributed by atoms with Crippen LogP contribution in [-0.4, -0.2) is 27.8 Å². The third kappa shape index (κ3) is 4.21. The number of hydrogen-bond donors (Lipinski definition) is 2. The molecule has 7 heteroatoms. The summed E-state index contributed by atoms with van der Waals surface area (Å²) in [7, 11) is 1.64. The van der Waals surface area contributed by atoms with Gasteiger partial charge in [-0.15, -0.1) is 5.10 Å². The van der Waals surface area contributed by atoms with Crippen LogP contribution in [0.2, 0.25) is 0 Å². The number of nitrogens with one attached hydrogen (secondary N) is 2. The molecule has 5 rings (SSSR count). The monoisotopic (exact) mass is 437 g/mol. The lowest BCUT2D eigenvalue weighted by Gasteiger charge is -2.24. The first-order chi connectivity index (χ1) is 16.1. The highest BCUT2D eigenvalue weighted by molar-refractivity contribution is 6.03. The van der Waals surface area contributed by atoms with Crippen molar-refractivity contribution in [2.45, 2.75) is 13.0 Å². The average molecular weight is 438 g/mol. The van der Waals surface area contributed by atoms with Crippen LogP contribution in [0, 0.1) is 6.92 Å². The third-order valence-corrected chi connectivity index (χ3v) is 5.55. The number of nitrogens with zero attached hydrogens (tertiary/aromatic N) is 3. The first kappa shape index (κ1) is 20.5. The lowest BCUT2D eigenvalue weighted by atomic mass is 10.0. The van der Waals surface area contributed by atoms with E-state index in [1.807, 2.05) is 73.7 Å².